The molecule has 1 heterocycles. The van der Waals surface area contributed by atoms with E-state index in [4.69, 9.17) is 18.0 Å². The molecule has 2 rings (SSSR count). The summed E-state index contributed by atoms with van der Waals surface area (Å²) in [6, 6.07) is 9.37. The molecule has 0 bridgehead atoms. The number of nitrogens with zero attached hydrogens (tertiary/aromatic N) is 1. The predicted octanol–water partition coefficient (Wildman–Crippen LogP) is 2.31. The molecule has 5 heteroatoms. The molecule has 1 aromatic carbocycles. The normalized spacial score (nSPS) is 10.4. The van der Waals surface area contributed by atoms with Crippen molar-refractivity contribution < 1.29 is 4.39 Å². The minimum absolute atomic E-state index is 0.0813. The summed E-state index contributed by atoms with van der Waals surface area (Å²) in [4.78, 5) is 12.3. The van der Waals surface area contributed by atoms with Crippen LogP contribution in [0.4, 0.5) is 4.39 Å². The molecule has 3 nitrogen and oxygen atoms in total. The van der Waals surface area contributed by atoms with Gasteiger partial charge in [-0.3, -0.25) is 4.79 Å². The first kappa shape index (κ1) is 13.4. The van der Waals surface area contributed by atoms with Crippen molar-refractivity contribution in [3.63, 3.8) is 0 Å². The number of thiocarbonyl (C=S) groups is 1. The van der Waals surface area contributed by atoms with Crippen LogP contribution in [0, 0.1) is 5.82 Å². The molecule has 0 saturated carbocycles. The van der Waals surface area contributed by atoms with Crippen molar-refractivity contribution in [2.24, 2.45) is 5.73 Å². The predicted molar refractivity (Wildman–Crippen MR) is 77.7 cm³/mol. The van der Waals surface area contributed by atoms with Gasteiger partial charge in [-0.25, -0.2) is 4.39 Å². The Morgan fingerprint density at radius 1 is 1.26 bits per heavy atom. The molecular formula is C14H13FN2OS. The van der Waals surface area contributed by atoms with Crippen LogP contribution in [0.5, 0.6) is 0 Å². The summed E-state index contributed by atoms with van der Waals surface area (Å²) in [5.74, 6) is -0.311. The lowest BCUT2D eigenvalue weighted by molar-refractivity contribution is 0.628. The van der Waals surface area contributed by atoms with Gasteiger partial charge in [-0.05, 0) is 48.9 Å². The molecule has 1 aromatic heterocycles. The van der Waals surface area contributed by atoms with E-state index in [0.717, 1.165) is 5.56 Å². The maximum atomic E-state index is 12.9. The molecule has 0 unspecified atom stereocenters. The van der Waals surface area contributed by atoms with E-state index < -0.39 is 0 Å². The second-order valence-electron chi connectivity index (χ2n) is 4.05. The van der Waals surface area contributed by atoms with E-state index in [-0.39, 0.29) is 16.4 Å². The molecule has 0 fully saturated rings. The van der Waals surface area contributed by atoms with E-state index in [1.54, 1.807) is 28.8 Å². The van der Waals surface area contributed by atoms with E-state index >= 15 is 0 Å². The number of nitrogens with two attached hydrogens (primary N) is 1. The Kier molecular flexibility index (Phi) is 3.76. The molecule has 2 N–H and O–H groups in total. The quantitative estimate of drug-likeness (QED) is 0.875. The van der Waals surface area contributed by atoms with Crippen molar-refractivity contribution in [2.45, 2.75) is 13.5 Å². The molecule has 0 aliphatic carbocycles. The number of hydrogen-bond acceptors (Lipinski definition) is 2. The molecular weight excluding hydrogens is 263 g/mol. The fourth-order valence-corrected chi connectivity index (χ4v) is 2.11. The number of rotatable bonds is 3. The largest absolute Gasteiger partial charge is 0.389 e. The highest BCUT2D eigenvalue weighted by atomic mass is 32.1. The minimum atomic E-state index is -0.311. The zero-order valence-electron chi connectivity index (χ0n) is 10.4. The molecule has 19 heavy (non-hydrogen) atoms. The minimum Gasteiger partial charge on any atom is -0.389 e. The van der Waals surface area contributed by atoms with Gasteiger partial charge in [0.2, 0.25) is 0 Å². The molecule has 2 aromatic rings. The fraction of sp³-hybridized carbons (Fsp3) is 0.143. The van der Waals surface area contributed by atoms with Gasteiger partial charge in [-0.15, -0.1) is 0 Å². The van der Waals surface area contributed by atoms with Crippen LogP contribution >= 0.6 is 12.2 Å². The Hall–Kier alpha value is -2.01. The van der Waals surface area contributed by atoms with Gasteiger partial charge in [0.25, 0.3) is 5.56 Å². The molecule has 0 spiro atoms. The lowest BCUT2D eigenvalue weighted by atomic mass is 10.1. The van der Waals surface area contributed by atoms with E-state index in [1.165, 1.54) is 12.1 Å². The van der Waals surface area contributed by atoms with Crippen molar-refractivity contribution >= 4 is 17.2 Å². The van der Waals surface area contributed by atoms with Gasteiger partial charge in [0.1, 0.15) is 10.8 Å². The lowest BCUT2D eigenvalue weighted by Crippen LogP contribution is -2.29. The third-order valence-electron chi connectivity index (χ3n) is 2.90. The maximum absolute atomic E-state index is 12.9. The number of aromatic nitrogens is 1. The van der Waals surface area contributed by atoms with Crippen molar-refractivity contribution in [2.75, 3.05) is 0 Å². The van der Waals surface area contributed by atoms with Crippen molar-refractivity contribution in [3.05, 3.63) is 58.1 Å². The topological polar surface area (TPSA) is 48.0 Å². The molecule has 0 saturated heterocycles. The van der Waals surface area contributed by atoms with Crippen LogP contribution in [0.25, 0.3) is 11.3 Å². The van der Waals surface area contributed by atoms with Crippen LogP contribution in [0.3, 0.4) is 0 Å². The highest BCUT2D eigenvalue weighted by Gasteiger charge is 2.10. The Morgan fingerprint density at radius 2 is 1.89 bits per heavy atom. The van der Waals surface area contributed by atoms with Gasteiger partial charge in [0.05, 0.1) is 11.3 Å². The molecule has 0 aliphatic rings. The third kappa shape index (κ3) is 2.56. The lowest BCUT2D eigenvalue weighted by Gasteiger charge is -2.12. The van der Waals surface area contributed by atoms with E-state index in [0.29, 0.717) is 17.8 Å². The molecule has 0 amide bonds. The smallest absolute Gasteiger partial charge is 0.261 e. The first-order chi connectivity index (χ1) is 9.04. The standard InChI is InChI=1S/C14H13FN2OS/c1-2-17-12(9-3-5-10(15)6-4-9)8-7-11(13(16)19)14(17)18/h3-8H,2H2,1H3,(H2,16,19). The van der Waals surface area contributed by atoms with Crippen molar-refractivity contribution in [1.82, 2.24) is 4.57 Å². The monoisotopic (exact) mass is 276 g/mol. The fourth-order valence-electron chi connectivity index (χ4n) is 1.95. The Bertz CT molecular complexity index is 677. The van der Waals surface area contributed by atoms with Gasteiger partial charge >= 0.3 is 0 Å². The summed E-state index contributed by atoms with van der Waals surface area (Å²) in [6.45, 7) is 2.35. The first-order valence-corrected chi connectivity index (χ1v) is 6.25. The highest BCUT2D eigenvalue weighted by Crippen LogP contribution is 2.18. The van der Waals surface area contributed by atoms with Crippen LogP contribution in [0.2, 0.25) is 0 Å². The number of hydrogen-bond donors (Lipinski definition) is 1. The zero-order chi connectivity index (χ0) is 14.0. The van der Waals surface area contributed by atoms with E-state index in [2.05, 4.69) is 0 Å². The SMILES string of the molecule is CCn1c(-c2ccc(F)cc2)ccc(C(N)=S)c1=O. The number of halogens is 1. The van der Waals surface area contributed by atoms with Crippen LogP contribution in [0.1, 0.15) is 12.5 Å². The average Bonchev–Trinajstić information content (AvgIpc) is 2.38. The second-order valence-corrected chi connectivity index (χ2v) is 4.49. The summed E-state index contributed by atoms with van der Waals surface area (Å²) >= 11 is 4.85. The Labute approximate surface area is 115 Å². The molecule has 0 aliphatic heterocycles. The third-order valence-corrected chi connectivity index (χ3v) is 3.12. The van der Waals surface area contributed by atoms with Crippen LogP contribution in [0.15, 0.2) is 41.2 Å². The Balaban J connectivity index is 2.65. The van der Waals surface area contributed by atoms with Gasteiger partial charge in [0, 0.05) is 6.54 Å². The molecule has 0 radical (unpaired) electrons. The summed E-state index contributed by atoms with van der Waals surface area (Å²) in [7, 11) is 0. The van der Waals surface area contributed by atoms with E-state index in [1.807, 2.05) is 6.92 Å². The number of benzene rings is 1. The van der Waals surface area contributed by atoms with Crippen LogP contribution in [-0.2, 0) is 6.54 Å². The summed E-state index contributed by atoms with van der Waals surface area (Å²) in [6.07, 6.45) is 0. The van der Waals surface area contributed by atoms with Gasteiger partial charge in [-0.2, -0.15) is 0 Å². The summed E-state index contributed by atoms with van der Waals surface area (Å²) in [5.41, 5.74) is 7.10. The van der Waals surface area contributed by atoms with E-state index in [9.17, 15) is 9.18 Å². The van der Waals surface area contributed by atoms with Gasteiger partial charge < -0.3 is 10.3 Å². The zero-order valence-corrected chi connectivity index (χ0v) is 11.2. The molecule has 0 atom stereocenters. The van der Waals surface area contributed by atoms with Gasteiger partial charge in [-0.1, -0.05) is 12.2 Å². The maximum Gasteiger partial charge on any atom is 0.261 e. The van der Waals surface area contributed by atoms with Crippen LogP contribution in [-0.4, -0.2) is 9.56 Å². The summed E-state index contributed by atoms with van der Waals surface area (Å²) in [5, 5.41) is 0. The van der Waals surface area contributed by atoms with Crippen molar-refractivity contribution in [3.8, 4) is 11.3 Å². The van der Waals surface area contributed by atoms with Crippen molar-refractivity contribution in [1.29, 1.82) is 0 Å². The second kappa shape index (κ2) is 5.32. The van der Waals surface area contributed by atoms with Gasteiger partial charge in [0.15, 0.2) is 0 Å². The summed E-state index contributed by atoms with van der Waals surface area (Å²) < 4.78 is 14.5. The number of pyridine rings is 1. The highest BCUT2D eigenvalue weighted by molar-refractivity contribution is 7.80. The van der Waals surface area contributed by atoms with Crippen LogP contribution < -0.4 is 11.3 Å². The average molecular weight is 276 g/mol. The molecule has 98 valence electrons. The first-order valence-electron chi connectivity index (χ1n) is 5.84. The Morgan fingerprint density at radius 3 is 2.42 bits per heavy atom.